The number of pyridine rings is 1. The van der Waals surface area contributed by atoms with E-state index in [0.717, 1.165) is 54.2 Å². The van der Waals surface area contributed by atoms with Gasteiger partial charge in [-0.3, -0.25) is 0 Å². The molecule has 0 aliphatic heterocycles. The number of hydrogen-bond acceptors (Lipinski definition) is 3. The Labute approximate surface area is 130 Å². The van der Waals surface area contributed by atoms with Crippen LogP contribution in [0.25, 0.3) is 0 Å². The number of nitrogens with zero attached hydrogens (tertiary/aromatic N) is 1. The summed E-state index contributed by atoms with van der Waals surface area (Å²) in [6, 6.07) is 2.11. The van der Waals surface area contributed by atoms with E-state index in [9.17, 15) is 0 Å². The maximum Gasteiger partial charge on any atom is 0.218 e. The topological polar surface area (TPSA) is 34.2 Å². The van der Waals surface area contributed by atoms with E-state index in [0.29, 0.717) is 6.10 Å². The molecular formula is C16H25BrN2O. The minimum atomic E-state index is 0.331. The zero-order valence-corrected chi connectivity index (χ0v) is 14.1. The van der Waals surface area contributed by atoms with Crippen LogP contribution in [-0.4, -0.2) is 17.6 Å². The van der Waals surface area contributed by atoms with Gasteiger partial charge in [0.15, 0.2) is 0 Å². The van der Waals surface area contributed by atoms with Crippen LogP contribution in [0.2, 0.25) is 0 Å². The van der Waals surface area contributed by atoms with Crippen LogP contribution < -0.4 is 10.1 Å². The molecule has 1 fully saturated rings. The van der Waals surface area contributed by atoms with Crippen LogP contribution in [0.3, 0.4) is 0 Å². The van der Waals surface area contributed by atoms with E-state index in [2.05, 4.69) is 46.1 Å². The normalized spacial score (nSPS) is 22.8. The Kier molecular flexibility index (Phi) is 6.30. The van der Waals surface area contributed by atoms with Gasteiger partial charge in [0, 0.05) is 22.8 Å². The van der Waals surface area contributed by atoms with E-state index in [1.807, 2.05) is 6.20 Å². The number of halogens is 1. The first kappa shape index (κ1) is 15.8. The number of hydrogen-bond donors (Lipinski definition) is 1. The molecule has 2 unspecified atom stereocenters. The lowest BCUT2D eigenvalue weighted by Crippen LogP contribution is -2.25. The first-order valence-corrected chi connectivity index (χ1v) is 8.50. The molecular weight excluding hydrogens is 316 g/mol. The molecule has 0 bridgehead atoms. The van der Waals surface area contributed by atoms with E-state index < -0.39 is 0 Å². The number of nitrogens with one attached hydrogen (secondary N) is 1. The largest absolute Gasteiger partial charge is 0.474 e. The van der Waals surface area contributed by atoms with Gasteiger partial charge in [-0.1, -0.05) is 20.3 Å². The minimum absolute atomic E-state index is 0.331. The average Bonchev–Trinajstić information content (AvgIpc) is 2.42. The lowest BCUT2D eigenvalue weighted by atomic mass is 9.89. The van der Waals surface area contributed by atoms with E-state index in [4.69, 9.17) is 4.74 Å². The maximum absolute atomic E-state index is 6.17. The van der Waals surface area contributed by atoms with E-state index in [1.54, 1.807) is 0 Å². The van der Waals surface area contributed by atoms with Crippen LogP contribution in [0.15, 0.2) is 16.7 Å². The van der Waals surface area contributed by atoms with Crippen LogP contribution in [0.4, 0.5) is 0 Å². The van der Waals surface area contributed by atoms with Crippen molar-refractivity contribution < 1.29 is 4.74 Å². The second kappa shape index (κ2) is 7.99. The molecule has 1 aliphatic carbocycles. The van der Waals surface area contributed by atoms with Gasteiger partial charge in [-0.25, -0.2) is 4.98 Å². The average molecular weight is 341 g/mol. The van der Waals surface area contributed by atoms with Crippen molar-refractivity contribution in [3.05, 3.63) is 22.3 Å². The Morgan fingerprint density at radius 1 is 1.45 bits per heavy atom. The zero-order valence-electron chi connectivity index (χ0n) is 12.5. The van der Waals surface area contributed by atoms with Gasteiger partial charge in [0.2, 0.25) is 5.88 Å². The molecule has 2 atom stereocenters. The smallest absolute Gasteiger partial charge is 0.218 e. The highest BCUT2D eigenvalue weighted by atomic mass is 79.9. The van der Waals surface area contributed by atoms with E-state index >= 15 is 0 Å². The molecule has 0 radical (unpaired) electrons. The maximum atomic E-state index is 6.17. The zero-order chi connectivity index (χ0) is 14.4. The summed E-state index contributed by atoms with van der Waals surface area (Å²) in [6.45, 7) is 6.32. The molecule has 112 valence electrons. The van der Waals surface area contributed by atoms with Crippen LogP contribution in [0.1, 0.15) is 51.5 Å². The van der Waals surface area contributed by atoms with Gasteiger partial charge < -0.3 is 10.1 Å². The van der Waals surface area contributed by atoms with Gasteiger partial charge in [0.05, 0.1) is 0 Å². The van der Waals surface area contributed by atoms with Crippen molar-refractivity contribution in [2.75, 3.05) is 6.54 Å². The monoisotopic (exact) mass is 340 g/mol. The van der Waals surface area contributed by atoms with Crippen molar-refractivity contribution in [3.63, 3.8) is 0 Å². The van der Waals surface area contributed by atoms with Gasteiger partial charge >= 0.3 is 0 Å². The van der Waals surface area contributed by atoms with E-state index in [1.165, 1.54) is 12.8 Å². The Morgan fingerprint density at radius 3 is 3.05 bits per heavy atom. The molecule has 1 aliphatic rings. The Balaban J connectivity index is 2.01. The SMILES string of the molecule is CCCNCc1cc(Br)cnc1OC1CCCC(C)C1. The number of aromatic nitrogens is 1. The summed E-state index contributed by atoms with van der Waals surface area (Å²) < 4.78 is 7.18. The second-order valence-electron chi connectivity index (χ2n) is 5.81. The molecule has 0 spiro atoms. The fourth-order valence-corrected chi connectivity index (χ4v) is 3.12. The van der Waals surface area contributed by atoms with Crippen molar-refractivity contribution in [1.82, 2.24) is 10.3 Å². The van der Waals surface area contributed by atoms with E-state index in [-0.39, 0.29) is 0 Å². The molecule has 2 rings (SSSR count). The third-order valence-electron chi connectivity index (χ3n) is 3.80. The van der Waals surface area contributed by atoms with Crippen molar-refractivity contribution in [2.45, 2.75) is 58.6 Å². The number of ether oxygens (including phenoxy) is 1. The fourth-order valence-electron chi connectivity index (χ4n) is 2.74. The minimum Gasteiger partial charge on any atom is -0.474 e. The summed E-state index contributed by atoms with van der Waals surface area (Å²) in [4.78, 5) is 4.47. The summed E-state index contributed by atoms with van der Waals surface area (Å²) in [5.74, 6) is 1.57. The summed E-state index contributed by atoms with van der Waals surface area (Å²) in [5.41, 5.74) is 1.14. The van der Waals surface area contributed by atoms with Gasteiger partial charge in [-0.15, -0.1) is 0 Å². The lowest BCUT2D eigenvalue weighted by Gasteiger charge is -2.27. The molecule has 1 aromatic heterocycles. The van der Waals surface area contributed by atoms with Gasteiger partial charge in [0.25, 0.3) is 0 Å². The lowest BCUT2D eigenvalue weighted by molar-refractivity contribution is 0.122. The van der Waals surface area contributed by atoms with Gasteiger partial charge in [-0.05, 0) is 60.1 Å². The van der Waals surface area contributed by atoms with Gasteiger partial charge in [-0.2, -0.15) is 0 Å². The van der Waals surface area contributed by atoms with Crippen LogP contribution in [0.5, 0.6) is 5.88 Å². The Bertz CT molecular complexity index is 425. The Hall–Kier alpha value is -0.610. The van der Waals surface area contributed by atoms with Crippen molar-refractivity contribution in [3.8, 4) is 5.88 Å². The molecule has 0 amide bonds. The molecule has 1 aromatic rings. The number of rotatable bonds is 6. The third-order valence-corrected chi connectivity index (χ3v) is 4.23. The highest BCUT2D eigenvalue weighted by Gasteiger charge is 2.21. The summed E-state index contributed by atoms with van der Waals surface area (Å²) in [5, 5.41) is 3.42. The molecule has 20 heavy (non-hydrogen) atoms. The molecule has 1 N–H and O–H groups in total. The van der Waals surface area contributed by atoms with Crippen molar-refractivity contribution >= 4 is 15.9 Å². The fraction of sp³-hybridized carbons (Fsp3) is 0.688. The third kappa shape index (κ3) is 4.74. The molecule has 4 heteroatoms. The summed E-state index contributed by atoms with van der Waals surface area (Å²) in [6.07, 6.45) is 8.20. The molecule has 0 saturated heterocycles. The standard InChI is InChI=1S/C16H25BrN2O/c1-3-7-18-10-13-9-14(17)11-19-16(13)20-15-6-4-5-12(2)8-15/h9,11-12,15,18H,3-8,10H2,1-2H3. The first-order valence-electron chi connectivity index (χ1n) is 7.70. The summed E-state index contributed by atoms with van der Waals surface area (Å²) >= 11 is 3.49. The quantitative estimate of drug-likeness (QED) is 0.784. The first-order chi connectivity index (χ1) is 9.69. The highest BCUT2D eigenvalue weighted by molar-refractivity contribution is 9.10. The second-order valence-corrected chi connectivity index (χ2v) is 6.72. The molecule has 1 heterocycles. The molecule has 1 saturated carbocycles. The molecule has 3 nitrogen and oxygen atoms in total. The van der Waals surface area contributed by atoms with Crippen molar-refractivity contribution in [1.29, 1.82) is 0 Å². The van der Waals surface area contributed by atoms with Gasteiger partial charge in [0.1, 0.15) is 6.10 Å². The van der Waals surface area contributed by atoms with Crippen LogP contribution in [-0.2, 0) is 6.54 Å². The highest BCUT2D eigenvalue weighted by Crippen LogP contribution is 2.28. The summed E-state index contributed by atoms with van der Waals surface area (Å²) in [7, 11) is 0. The predicted octanol–water partition coefficient (Wildman–Crippen LogP) is 4.30. The van der Waals surface area contributed by atoms with Crippen LogP contribution >= 0.6 is 15.9 Å². The van der Waals surface area contributed by atoms with Crippen LogP contribution in [0, 0.1) is 5.92 Å². The molecule has 0 aromatic carbocycles. The Morgan fingerprint density at radius 2 is 2.30 bits per heavy atom. The van der Waals surface area contributed by atoms with Crippen molar-refractivity contribution in [2.24, 2.45) is 5.92 Å². The predicted molar refractivity (Wildman–Crippen MR) is 86.0 cm³/mol.